The molecular formula is C19H13F2N3O3. The van der Waals surface area contributed by atoms with Crippen LogP contribution in [-0.2, 0) is 0 Å². The van der Waals surface area contributed by atoms with Gasteiger partial charge in [0.05, 0.1) is 16.3 Å². The van der Waals surface area contributed by atoms with Crippen LogP contribution in [0, 0.1) is 28.7 Å². The Bertz CT molecular complexity index is 1070. The Morgan fingerprint density at radius 1 is 1.15 bits per heavy atom. The highest BCUT2D eigenvalue weighted by Crippen LogP contribution is 2.21. The van der Waals surface area contributed by atoms with Crippen molar-refractivity contribution in [2.45, 2.75) is 6.92 Å². The summed E-state index contributed by atoms with van der Waals surface area (Å²) >= 11 is 0. The zero-order valence-corrected chi connectivity index (χ0v) is 14.1. The molecule has 0 fully saturated rings. The first kappa shape index (κ1) is 18.1. The number of H-pyrrole nitrogens is 1. The van der Waals surface area contributed by atoms with E-state index in [1.165, 1.54) is 36.4 Å². The van der Waals surface area contributed by atoms with Gasteiger partial charge in [-0.1, -0.05) is 0 Å². The molecule has 3 aromatic rings. The molecule has 27 heavy (non-hydrogen) atoms. The molecular weight excluding hydrogens is 356 g/mol. The molecule has 3 rings (SSSR count). The second-order valence-electron chi connectivity index (χ2n) is 5.79. The van der Waals surface area contributed by atoms with Gasteiger partial charge < -0.3 is 0 Å². The van der Waals surface area contributed by atoms with Gasteiger partial charge >= 0.3 is 0 Å². The first-order chi connectivity index (χ1) is 12.8. The van der Waals surface area contributed by atoms with E-state index in [-0.39, 0.29) is 11.5 Å². The van der Waals surface area contributed by atoms with E-state index < -0.39 is 16.6 Å². The van der Waals surface area contributed by atoms with E-state index in [9.17, 15) is 23.7 Å². The molecule has 0 bridgehead atoms. The van der Waals surface area contributed by atoms with Gasteiger partial charge in [-0.2, -0.15) is 5.10 Å². The van der Waals surface area contributed by atoms with Gasteiger partial charge in [0.1, 0.15) is 0 Å². The maximum absolute atomic E-state index is 13.3. The number of nitrogens with one attached hydrogen (secondary N) is 1. The number of benzene rings is 2. The first-order valence-electron chi connectivity index (χ1n) is 7.83. The van der Waals surface area contributed by atoms with Crippen molar-refractivity contribution in [1.29, 1.82) is 0 Å². The van der Waals surface area contributed by atoms with Crippen LogP contribution in [0.2, 0.25) is 0 Å². The van der Waals surface area contributed by atoms with Crippen LogP contribution in [-0.4, -0.2) is 20.9 Å². The number of nitrogens with zero attached hydrogens (tertiary/aromatic N) is 2. The maximum Gasteiger partial charge on any atom is 0.272 e. The third kappa shape index (κ3) is 3.95. The molecule has 0 saturated heterocycles. The molecule has 0 aliphatic heterocycles. The van der Waals surface area contributed by atoms with Gasteiger partial charge in [-0.25, -0.2) is 8.78 Å². The quantitative estimate of drug-likeness (QED) is 0.311. The number of nitro groups is 1. The Hall–Kier alpha value is -3.68. The van der Waals surface area contributed by atoms with Gasteiger partial charge in [0.2, 0.25) is 0 Å². The van der Waals surface area contributed by atoms with E-state index in [0.717, 1.165) is 12.1 Å². The topological polar surface area (TPSA) is 88.9 Å². The van der Waals surface area contributed by atoms with Crippen molar-refractivity contribution in [1.82, 2.24) is 10.2 Å². The monoisotopic (exact) mass is 369 g/mol. The maximum atomic E-state index is 13.3. The minimum atomic E-state index is -0.976. The minimum Gasteiger partial charge on any atom is -0.289 e. The molecule has 0 spiro atoms. The zero-order chi connectivity index (χ0) is 19.6. The number of halogens is 2. The molecule has 0 aliphatic carbocycles. The van der Waals surface area contributed by atoms with Gasteiger partial charge in [0.25, 0.3) is 5.69 Å². The van der Waals surface area contributed by atoms with Crippen molar-refractivity contribution in [3.63, 3.8) is 0 Å². The van der Waals surface area contributed by atoms with Crippen molar-refractivity contribution in [3.8, 4) is 11.3 Å². The predicted molar refractivity (Wildman–Crippen MR) is 95.1 cm³/mol. The summed E-state index contributed by atoms with van der Waals surface area (Å²) in [5, 5.41) is 17.5. The van der Waals surface area contributed by atoms with E-state index in [4.69, 9.17) is 0 Å². The molecule has 0 saturated carbocycles. The van der Waals surface area contributed by atoms with Crippen LogP contribution in [0.5, 0.6) is 0 Å². The number of nitro benzene ring substituents is 1. The number of aromatic nitrogens is 2. The summed E-state index contributed by atoms with van der Waals surface area (Å²) in [6, 6.07) is 9.14. The number of ketones is 1. The van der Waals surface area contributed by atoms with Gasteiger partial charge in [0.15, 0.2) is 17.4 Å². The summed E-state index contributed by atoms with van der Waals surface area (Å²) in [4.78, 5) is 22.5. The molecule has 136 valence electrons. The van der Waals surface area contributed by atoms with Crippen molar-refractivity contribution < 1.29 is 18.5 Å². The second kappa shape index (κ2) is 7.28. The van der Waals surface area contributed by atoms with Gasteiger partial charge in [-0.15, -0.1) is 0 Å². The smallest absolute Gasteiger partial charge is 0.272 e. The molecule has 6 nitrogen and oxygen atoms in total. The fourth-order valence-electron chi connectivity index (χ4n) is 2.50. The lowest BCUT2D eigenvalue weighted by Crippen LogP contribution is -1.98. The summed E-state index contributed by atoms with van der Waals surface area (Å²) in [6.07, 6.45) is 2.78. The number of carbonyl (C=O) groups is 1. The van der Waals surface area contributed by atoms with E-state index in [1.807, 2.05) is 0 Å². The Morgan fingerprint density at radius 2 is 1.93 bits per heavy atom. The standard InChI is InChI=1S/C19H13F2N3O3/c1-11-8-13(3-6-18(11)24(26)27)19(25)7-4-14-10-17(23-22-14)12-2-5-15(20)16(21)9-12/h2-10H,1H3,(H,22,23)/b7-4+. The molecule has 0 amide bonds. The predicted octanol–water partition coefficient (Wildman–Crippen LogP) is 4.47. The van der Waals surface area contributed by atoms with Crippen LogP contribution in [0.15, 0.2) is 48.5 Å². The second-order valence-corrected chi connectivity index (χ2v) is 5.79. The lowest BCUT2D eigenvalue weighted by Gasteiger charge is -1.99. The van der Waals surface area contributed by atoms with Gasteiger partial charge in [-0.05, 0) is 55.5 Å². The third-order valence-electron chi connectivity index (χ3n) is 3.91. The normalized spacial score (nSPS) is 11.1. The van der Waals surface area contributed by atoms with Crippen molar-refractivity contribution in [2.75, 3.05) is 0 Å². The van der Waals surface area contributed by atoms with E-state index >= 15 is 0 Å². The third-order valence-corrected chi connectivity index (χ3v) is 3.91. The highest BCUT2D eigenvalue weighted by atomic mass is 19.2. The molecule has 1 N–H and O–H groups in total. The van der Waals surface area contributed by atoms with Gasteiger partial charge in [-0.3, -0.25) is 20.0 Å². The average molecular weight is 369 g/mol. The fourth-order valence-corrected chi connectivity index (χ4v) is 2.50. The zero-order valence-electron chi connectivity index (χ0n) is 14.1. The van der Waals surface area contributed by atoms with Crippen LogP contribution in [0.4, 0.5) is 14.5 Å². The van der Waals surface area contributed by atoms with Crippen LogP contribution < -0.4 is 0 Å². The molecule has 0 unspecified atom stereocenters. The molecule has 8 heteroatoms. The summed E-state index contributed by atoms with van der Waals surface area (Å²) < 4.78 is 26.3. The van der Waals surface area contributed by atoms with Crippen molar-refractivity contribution >= 4 is 17.5 Å². The Labute approximate surface area is 152 Å². The number of hydrogen-bond acceptors (Lipinski definition) is 4. The van der Waals surface area contributed by atoms with Gasteiger partial charge in [0, 0.05) is 22.8 Å². The van der Waals surface area contributed by atoms with Crippen LogP contribution in [0.1, 0.15) is 21.6 Å². The Balaban J connectivity index is 1.77. The van der Waals surface area contributed by atoms with E-state index in [0.29, 0.717) is 28.1 Å². The van der Waals surface area contributed by atoms with Crippen LogP contribution in [0.3, 0.4) is 0 Å². The summed E-state index contributed by atoms with van der Waals surface area (Å²) in [5.41, 5.74) is 1.92. The fraction of sp³-hybridized carbons (Fsp3) is 0.0526. The lowest BCUT2D eigenvalue weighted by molar-refractivity contribution is -0.385. The summed E-state index contributed by atoms with van der Waals surface area (Å²) in [7, 11) is 0. The Kier molecular flexibility index (Phi) is 4.89. The minimum absolute atomic E-state index is 0.0553. The number of carbonyl (C=O) groups excluding carboxylic acids is 1. The number of aryl methyl sites for hydroxylation is 1. The highest BCUT2D eigenvalue weighted by molar-refractivity contribution is 6.07. The number of aromatic amines is 1. The molecule has 1 aromatic heterocycles. The van der Waals surface area contributed by atoms with Crippen molar-refractivity contribution in [3.05, 3.63) is 87.1 Å². The molecule has 2 aromatic carbocycles. The van der Waals surface area contributed by atoms with E-state index in [2.05, 4.69) is 10.2 Å². The number of allylic oxidation sites excluding steroid dienone is 1. The highest BCUT2D eigenvalue weighted by Gasteiger charge is 2.12. The van der Waals surface area contributed by atoms with E-state index in [1.54, 1.807) is 13.0 Å². The molecule has 1 heterocycles. The van der Waals surface area contributed by atoms with Crippen LogP contribution >= 0.6 is 0 Å². The molecule has 0 atom stereocenters. The summed E-state index contributed by atoms with van der Waals surface area (Å²) in [6.45, 7) is 1.56. The largest absolute Gasteiger partial charge is 0.289 e. The molecule has 0 aliphatic rings. The van der Waals surface area contributed by atoms with Crippen molar-refractivity contribution in [2.24, 2.45) is 0 Å². The number of hydrogen-bond donors (Lipinski definition) is 1. The average Bonchev–Trinajstić information content (AvgIpc) is 3.10. The first-order valence-corrected chi connectivity index (χ1v) is 7.83. The Morgan fingerprint density at radius 3 is 2.59 bits per heavy atom. The van der Waals surface area contributed by atoms with Crippen LogP contribution in [0.25, 0.3) is 17.3 Å². The molecule has 0 radical (unpaired) electrons. The SMILES string of the molecule is Cc1cc(C(=O)/C=C/c2cc(-c3ccc(F)c(F)c3)n[nH]2)ccc1[N+](=O)[O-]. The lowest BCUT2D eigenvalue weighted by atomic mass is 10.1. The summed E-state index contributed by atoms with van der Waals surface area (Å²) in [5.74, 6) is -2.26. The number of rotatable bonds is 5.